The Bertz CT molecular complexity index is 924. The first-order valence-corrected chi connectivity index (χ1v) is 8.08. The maximum Gasteiger partial charge on any atom is 0.189 e. The molecule has 0 amide bonds. The molecule has 0 aliphatic heterocycles. The second-order valence-corrected chi connectivity index (χ2v) is 5.77. The SMILES string of the molecule is COc1cccc(/C=C/C(=O)c2c(C)nn(-c3ccccc3)c2C)c1. The maximum atomic E-state index is 12.7. The standard InChI is InChI=1S/C21H20N2O2/c1-15-21(16(2)23(22-15)18-9-5-4-6-10-18)20(24)13-12-17-8-7-11-19(14-17)25-3/h4-14H,1-3H3/b13-12+. The number of methoxy groups -OCH3 is 1. The van der Waals surface area contributed by atoms with Crippen molar-refractivity contribution < 1.29 is 9.53 Å². The Kier molecular flexibility index (Phi) is 4.80. The summed E-state index contributed by atoms with van der Waals surface area (Å²) >= 11 is 0. The lowest BCUT2D eigenvalue weighted by Crippen LogP contribution is -2.01. The van der Waals surface area contributed by atoms with Crippen LogP contribution in [0.4, 0.5) is 0 Å². The smallest absolute Gasteiger partial charge is 0.189 e. The van der Waals surface area contributed by atoms with Crippen molar-refractivity contribution in [2.75, 3.05) is 7.11 Å². The number of ether oxygens (including phenoxy) is 1. The molecule has 0 spiro atoms. The van der Waals surface area contributed by atoms with E-state index in [0.29, 0.717) is 5.56 Å². The summed E-state index contributed by atoms with van der Waals surface area (Å²) < 4.78 is 7.01. The first-order valence-electron chi connectivity index (χ1n) is 8.08. The van der Waals surface area contributed by atoms with E-state index >= 15 is 0 Å². The van der Waals surface area contributed by atoms with Crippen LogP contribution in [0.1, 0.15) is 27.3 Å². The fourth-order valence-electron chi connectivity index (χ4n) is 2.82. The lowest BCUT2D eigenvalue weighted by molar-refractivity contribution is 0.104. The number of carbonyl (C=O) groups excluding carboxylic acids is 1. The second kappa shape index (κ2) is 7.18. The van der Waals surface area contributed by atoms with E-state index in [2.05, 4.69) is 5.10 Å². The van der Waals surface area contributed by atoms with Crippen LogP contribution in [0, 0.1) is 13.8 Å². The van der Waals surface area contributed by atoms with Gasteiger partial charge >= 0.3 is 0 Å². The number of para-hydroxylation sites is 1. The number of rotatable bonds is 5. The molecule has 0 saturated carbocycles. The summed E-state index contributed by atoms with van der Waals surface area (Å²) in [5.74, 6) is 0.707. The average molecular weight is 332 g/mol. The molecule has 0 unspecified atom stereocenters. The van der Waals surface area contributed by atoms with Gasteiger partial charge in [-0.25, -0.2) is 4.68 Å². The molecular weight excluding hydrogens is 312 g/mol. The summed E-state index contributed by atoms with van der Waals surface area (Å²) in [6.07, 6.45) is 3.38. The molecule has 4 nitrogen and oxygen atoms in total. The minimum absolute atomic E-state index is 0.0556. The van der Waals surface area contributed by atoms with Crippen LogP contribution >= 0.6 is 0 Å². The number of allylic oxidation sites excluding steroid dienone is 1. The highest BCUT2D eigenvalue weighted by atomic mass is 16.5. The zero-order valence-electron chi connectivity index (χ0n) is 14.6. The van der Waals surface area contributed by atoms with E-state index in [1.54, 1.807) is 19.3 Å². The molecular formula is C21H20N2O2. The first kappa shape index (κ1) is 16.7. The van der Waals surface area contributed by atoms with Crippen LogP contribution in [0.2, 0.25) is 0 Å². The molecule has 0 N–H and O–H groups in total. The summed E-state index contributed by atoms with van der Waals surface area (Å²) in [4.78, 5) is 12.7. The van der Waals surface area contributed by atoms with Gasteiger partial charge in [0.1, 0.15) is 5.75 Å². The molecule has 2 aromatic carbocycles. The maximum absolute atomic E-state index is 12.7. The molecule has 0 aliphatic rings. The quantitative estimate of drug-likeness (QED) is 0.514. The van der Waals surface area contributed by atoms with Gasteiger partial charge in [-0.2, -0.15) is 5.10 Å². The van der Waals surface area contributed by atoms with Gasteiger partial charge in [-0.15, -0.1) is 0 Å². The number of hydrogen-bond acceptors (Lipinski definition) is 3. The van der Waals surface area contributed by atoms with Gasteiger partial charge < -0.3 is 4.74 Å². The molecule has 3 rings (SSSR count). The second-order valence-electron chi connectivity index (χ2n) is 5.77. The van der Waals surface area contributed by atoms with E-state index in [9.17, 15) is 4.79 Å². The highest BCUT2D eigenvalue weighted by molar-refractivity contribution is 6.08. The third-order valence-electron chi connectivity index (χ3n) is 4.06. The molecule has 0 atom stereocenters. The molecule has 3 aromatic rings. The van der Waals surface area contributed by atoms with Crippen LogP contribution in [-0.2, 0) is 0 Å². The minimum Gasteiger partial charge on any atom is -0.497 e. The Balaban J connectivity index is 1.90. The van der Waals surface area contributed by atoms with Crippen LogP contribution in [0.25, 0.3) is 11.8 Å². The number of hydrogen-bond donors (Lipinski definition) is 0. The number of benzene rings is 2. The van der Waals surface area contributed by atoms with E-state index in [-0.39, 0.29) is 5.78 Å². The van der Waals surface area contributed by atoms with E-state index in [4.69, 9.17) is 4.74 Å². The predicted molar refractivity (Wildman–Crippen MR) is 99.4 cm³/mol. The minimum atomic E-state index is -0.0556. The van der Waals surface area contributed by atoms with Crippen molar-refractivity contribution in [3.8, 4) is 11.4 Å². The lowest BCUT2D eigenvalue weighted by Gasteiger charge is -2.04. The first-order chi connectivity index (χ1) is 12.1. The van der Waals surface area contributed by atoms with E-state index in [0.717, 1.165) is 28.4 Å². The molecule has 1 heterocycles. The van der Waals surface area contributed by atoms with Gasteiger partial charge in [0.05, 0.1) is 29.7 Å². The highest BCUT2D eigenvalue weighted by Crippen LogP contribution is 2.20. The Morgan fingerprint density at radius 2 is 1.84 bits per heavy atom. The zero-order valence-corrected chi connectivity index (χ0v) is 14.6. The number of aryl methyl sites for hydroxylation is 1. The Hall–Kier alpha value is -3.14. The Morgan fingerprint density at radius 1 is 1.08 bits per heavy atom. The highest BCUT2D eigenvalue weighted by Gasteiger charge is 2.17. The Labute approximate surface area is 147 Å². The van der Waals surface area contributed by atoms with Gasteiger partial charge in [0.2, 0.25) is 0 Å². The summed E-state index contributed by atoms with van der Waals surface area (Å²) in [6, 6.07) is 17.4. The number of carbonyl (C=O) groups is 1. The van der Waals surface area contributed by atoms with Crippen molar-refractivity contribution in [2.24, 2.45) is 0 Å². The molecule has 4 heteroatoms. The van der Waals surface area contributed by atoms with Crippen LogP contribution in [0.3, 0.4) is 0 Å². The van der Waals surface area contributed by atoms with Crippen LogP contribution in [0.15, 0.2) is 60.7 Å². The van der Waals surface area contributed by atoms with Crippen LogP contribution < -0.4 is 4.74 Å². The van der Waals surface area contributed by atoms with Gasteiger partial charge in [-0.1, -0.05) is 36.4 Å². The summed E-state index contributed by atoms with van der Waals surface area (Å²) in [5, 5.41) is 4.53. The third kappa shape index (κ3) is 3.53. The van der Waals surface area contributed by atoms with Gasteiger partial charge in [-0.05, 0) is 49.8 Å². The average Bonchev–Trinajstić information content (AvgIpc) is 2.95. The van der Waals surface area contributed by atoms with Crippen molar-refractivity contribution in [2.45, 2.75) is 13.8 Å². The molecule has 0 radical (unpaired) electrons. The van der Waals surface area contributed by atoms with Gasteiger partial charge in [-0.3, -0.25) is 4.79 Å². The van der Waals surface area contributed by atoms with Crippen molar-refractivity contribution in [1.29, 1.82) is 0 Å². The lowest BCUT2D eigenvalue weighted by atomic mass is 10.1. The van der Waals surface area contributed by atoms with Crippen LogP contribution in [-0.4, -0.2) is 22.7 Å². The molecule has 0 aliphatic carbocycles. The van der Waals surface area contributed by atoms with Crippen LogP contribution in [0.5, 0.6) is 5.75 Å². The fourth-order valence-corrected chi connectivity index (χ4v) is 2.82. The zero-order chi connectivity index (χ0) is 17.8. The third-order valence-corrected chi connectivity index (χ3v) is 4.06. The van der Waals surface area contributed by atoms with Crippen molar-refractivity contribution in [3.05, 3.63) is 83.2 Å². The van der Waals surface area contributed by atoms with E-state index in [1.807, 2.05) is 73.1 Å². The fraction of sp³-hybridized carbons (Fsp3) is 0.143. The van der Waals surface area contributed by atoms with Crippen molar-refractivity contribution in [1.82, 2.24) is 9.78 Å². The van der Waals surface area contributed by atoms with E-state index in [1.165, 1.54) is 0 Å². The summed E-state index contributed by atoms with van der Waals surface area (Å²) in [7, 11) is 1.62. The van der Waals surface area contributed by atoms with Gasteiger partial charge in [0, 0.05) is 0 Å². The summed E-state index contributed by atoms with van der Waals surface area (Å²) in [6.45, 7) is 3.78. The molecule has 0 saturated heterocycles. The molecule has 0 fully saturated rings. The molecule has 25 heavy (non-hydrogen) atoms. The summed E-state index contributed by atoms with van der Waals surface area (Å²) in [5.41, 5.74) is 4.06. The van der Waals surface area contributed by atoms with Crippen molar-refractivity contribution >= 4 is 11.9 Å². The molecule has 1 aromatic heterocycles. The molecule has 126 valence electrons. The number of ketones is 1. The van der Waals surface area contributed by atoms with Crippen molar-refractivity contribution in [3.63, 3.8) is 0 Å². The largest absolute Gasteiger partial charge is 0.497 e. The topological polar surface area (TPSA) is 44.1 Å². The normalized spacial score (nSPS) is 11.0. The molecule has 0 bridgehead atoms. The monoisotopic (exact) mass is 332 g/mol. The van der Waals surface area contributed by atoms with E-state index < -0.39 is 0 Å². The van der Waals surface area contributed by atoms with Gasteiger partial charge in [0.25, 0.3) is 0 Å². The Morgan fingerprint density at radius 3 is 2.56 bits per heavy atom. The predicted octanol–water partition coefficient (Wildman–Crippen LogP) is 4.39. The number of aromatic nitrogens is 2. The van der Waals surface area contributed by atoms with Gasteiger partial charge in [0.15, 0.2) is 5.78 Å². The number of nitrogens with zero attached hydrogens (tertiary/aromatic N) is 2.